The lowest BCUT2D eigenvalue weighted by Gasteiger charge is -2.36. The Labute approximate surface area is 99.3 Å². The van der Waals surface area contributed by atoms with E-state index < -0.39 is 24.1 Å². The van der Waals surface area contributed by atoms with E-state index in [0.29, 0.717) is 0 Å². The van der Waals surface area contributed by atoms with Crippen LogP contribution in [0.4, 0.5) is 8.78 Å². The van der Waals surface area contributed by atoms with Crippen molar-refractivity contribution >= 4 is 15.9 Å². The van der Waals surface area contributed by atoms with E-state index >= 15 is 0 Å². The van der Waals surface area contributed by atoms with Crippen molar-refractivity contribution in [1.82, 2.24) is 0 Å². The highest BCUT2D eigenvalue weighted by atomic mass is 79.9. The maximum absolute atomic E-state index is 13.7. The number of alkyl halides is 1. The average molecular weight is 294 g/mol. The molecule has 6 heteroatoms. The number of aliphatic hydroxyl groups excluding tert-OH is 1. The lowest BCUT2D eigenvalue weighted by Crippen LogP contribution is -2.54. The van der Waals surface area contributed by atoms with E-state index in [1.54, 1.807) is 0 Å². The van der Waals surface area contributed by atoms with Crippen molar-refractivity contribution in [3.05, 3.63) is 28.0 Å². The van der Waals surface area contributed by atoms with Crippen molar-refractivity contribution in [2.75, 3.05) is 13.2 Å². The lowest BCUT2D eigenvalue weighted by atomic mass is 9.85. The number of rotatable bonds is 1. The molecule has 0 bridgehead atoms. The summed E-state index contributed by atoms with van der Waals surface area (Å²) in [4.78, 5) is 0. The van der Waals surface area contributed by atoms with Gasteiger partial charge in [-0.15, -0.1) is 0 Å². The molecule has 1 aromatic carbocycles. The number of ether oxygens (including phenoxy) is 1. The fraction of sp³-hybridized carbons (Fsp3) is 0.400. The van der Waals surface area contributed by atoms with Crippen LogP contribution in [0.1, 0.15) is 5.56 Å². The fourth-order valence-electron chi connectivity index (χ4n) is 1.70. The van der Waals surface area contributed by atoms with Crippen molar-refractivity contribution in [2.24, 2.45) is 5.73 Å². The van der Waals surface area contributed by atoms with E-state index in [-0.39, 0.29) is 22.4 Å². The molecule has 0 saturated heterocycles. The zero-order chi connectivity index (χ0) is 11.9. The maximum atomic E-state index is 13.7. The summed E-state index contributed by atoms with van der Waals surface area (Å²) in [6.07, 6.45) is -1.56. The topological polar surface area (TPSA) is 55.5 Å². The Morgan fingerprint density at radius 3 is 2.94 bits per heavy atom. The van der Waals surface area contributed by atoms with Gasteiger partial charge in [-0.1, -0.05) is 6.07 Å². The van der Waals surface area contributed by atoms with Gasteiger partial charge in [0.05, 0.1) is 11.1 Å². The summed E-state index contributed by atoms with van der Waals surface area (Å²) in [5.74, 6) is -0.729. The molecule has 1 heterocycles. The van der Waals surface area contributed by atoms with Crippen molar-refractivity contribution in [3.63, 3.8) is 0 Å². The van der Waals surface area contributed by atoms with Crippen LogP contribution >= 0.6 is 15.9 Å². The minimum Gasteiger partial charge on any atom is -0.487 e. The van der Waals surface area contributed by atoms with Gasteiger partial charge in [-0.25, -0.2) is 8.78 Å². The molecule has 88 valence electrons. The van der Waals surface area contributed by atoms with Gasteiger partial charge in [0, 0.05) is 5.56 Å². The first kappa shape index (κ1) is 11.8. The van der Waals surface area contributed by atoms with Crippen molar-refractivity contribution in [2.45, 2.75) is 11.7 Å². The van der Waals surface area contributed by atoms with Gasteiger partial charge in [-0.05, 0) is 22.0 Å². The molecule has 1 aromatic rings. The highest BCUT2D eigenvalue weighted by Crippen LogP contribution is 2.40. The summed E-state index contributed by atoms with van der Waals surface area (Å²) in [6.45, 7) is -0.969. The van der Waals surface area contributed by atoms with Crippen LogP contribution in [0.5, 0.6) is 5.75 Å². The molecule has 2 atom stereocenters. The number of benzene rings is 1. The molecule has 16 heavy (non-hydrogen) atoms. The summed E-state index contributed by atoms with van der Waals surface area (Å²) in [6, 6.07) is 2.86. The molecule has 3 nitrogen and oxygen atoms in total. The third-order valence-corrected chi connectivity index (χ3v) is 3.36. The second-order valence-electron chi connectivity index (χ2n) is 3.72. The first-order chi connectivity index (χ1) is 7.50. The zero-order valence-corrected chi connectivity index (χ0v) is 9.80. The Hall–Kier alpha value is -0.720. The Balaban J connectivity index is 2.62. The number of hydrogen-bond acceptors (Lipinski definition) is 3. The Morgan fingerprint density at radius 2 is 2.31 bits per heavy atom. The number of halogens is 3. The third-order valence-electron chi connectivity index (χ3n) is 2.75. The molecule has 0 fully saturated rings. The molecule has 0 aliphatic carbocycles. The quantitative estimate of drug-likeness (QED) is 0.824. The van der Waals surface area contributed by atoms with Crippen LogP contribution in [0.3, 0.4) is 0 Å². The molecule has 2 rings (SSSR count). The second-order valence-corrected chi connectivity index (χ2v) is 4.57. The van der Waals surface area contributed by atoms with Gasteiger partial charge in [0.2, 0.25) is 0 Å². The van der Waals surface area contributed by atoms with E-state index in [1.807, 2.05) is 0 Å². The van der Waals surface area contributed by atoms with E-state index in [1.165, 1.54) is 12.1 Å². The molecule has 3 N–H and O–H groups in total. The predicted octanol–water partition coefficient (Wildman–Crippen LogP) is 1.47. The Morgan fingerprint density at radius 1 is 1.62 bits per heavy atom. The summed E-state index contributed by atoms with van der Waals surface area (Å²) in [5, 5.41) is 9.17. The third kappa shape index (κ3) is 1.52. The minimum absolute atomic E-state index is 0.0974. The fourth-order valence-corrected chi connectivity index (χ4v) is 2.01. The van der Waals surface area contributed by atoms with Crippen LogP contribution in [0.15, 0.2) is 16.6 Å². The van der Waals surface area contributed by atoms with E-state index in [4.69, 9.17) is 10.5 Å². The van der Waals surface area contributed by atoms with Crippen molar-refractivity contribution in [3.8, 4) is 5.75 Å². The van der Waals surface area contributed by atoms with Gasteiger partial charge in [-0.2, -0.15) is 0 Å². The maximum Gasteiger partial charge on any atom is 0.179 e. The molecule has 0 aromatic heterocycles. The van der Waals surface area contributed by atoms with Crippen LogP contribution in [-0.2, 0) is 5.54 Å². The van der Waals surface area contributed by atoms with Gasteiger partial charge in [0.15, 0.2) is 17.7 Å². The van der Waals surface area contributed by atoms with Gasteiger partial charge in [0.1, 0.15) is 12.1 Å². The molecule has 0 amide bonds. The number of aliphatic hydroxyl groups is 1. The predicted molar refractivity (Wildman–Crippen MR) is 57.4 cm³/mol. The first-order valence-corrected chi connectivity index (χ1v) is 5.45. The van der Waals surface area contributed by atoms with Crippen LogP contribution in [0.25, 0.3) is 0 Å². The molecular weight excluding hydrogens is 284 g/mol. The summed E-state index contributed by atoms with van der Waals surface area (Å²) in [5.41, 5.74) is 4.29. The second kappa shape index (κ2) is 3.94. The van der Waals surface area contributed by atoms with Gasteiger partial charge >= 0.3 is 0 Å². The first-order valence-electron chi connectivity index (χ1n) is 4.66. The highest BCUT2D eigenvalue weighted by molar-refractivity contribution is 9.10. The summed E-state index contributed by atoms with van der Waals surface area (Å²) >= 11 is 3.00. The van der Waals surface area contributed by atoms with Gasteiger partial charge in [-0.3, -0.25) is 0 Å². The molecule has 1 aliphatic heterocycles. The Kier molecular flexibility index (Phi) is 2.90. The highest BCUT2D eigenvalue weighted by Gasteiger charge is 2.44. The summed E-state index contributed by atoms with van der Waals surface area (Å²) in [7, 11) is 0. The van der Waals surface area contributed by atoms with Crippen LogP contribution in [0, 0.1) is 5.82 Å². The largest absolute Gasteiger partial charge is 0.487 e. The van der Waals surface area contributed by atoms with Crippen LogP contribution in [-0.4, -0.2) is 24.5 Å². The lowest BCUT2D eigenvalue weighted by molar-refractivity contribution is 0.0451. The van der Waals surface area contributed by atoms with E-state index in [2.05, 4.69) is 15.9 Å². The zero-order valence-electron chi connectivity index (χ0n) is 8.21. The van der Waals surface area contributed by atoms with Gasteiger partial charge < -0.3 is 15.6 Å². The number of hydrogen-bond donors (Lipinski definition) is 2. The number of nitrogens with two attached hydrogens (primary N) is 1. The average Bonchev–Trinajstić information content (AvgIpc) is 2.28. The van der Waals surface area contributed by atoms with Crippen molar-refractivity contribution < 1.29 is 18.6 Å². The molecule has 0 unspecified atom stereocenters. The minimum atomic E-state index is -1.60. The van der Waals surface area contributed by atoms with Gasteiger partial charge in [0.25, 0.3) is 0 Å². The molecule has 0 radical (unpaired) electrons. The molecule has 0 saturated carbocycles. The monoisotopic (exact) mass is 293 g/mol. The molecular formula is C10H10BrF2NO2. The normalized spacial score (nSPS) is 28.4. The van der Waals surface area contributed by atoms with E-state index in [0.717, 1.165) is 0 Å². The van der Waals surface area contributed by atoms with Crippen LogP contribution < -0.4 is 10.5 Å². The van der Waals surface area contributed by atoms with E-state index in [9.17, 15) is 13.9 Å². The van der Waals surface area contributed by atoms with Crippen molar-refractivity contribution in [1.29, 1.82) is 0 Å². The smallest absolute Gasteiger partial charge is 0.179 e. The van der Waals surface area contributed by atoms with Crippen LogP contribution in [0.2, 0.25) is 0 Å². The molecule has 1 aliphatic rings. The molecule has 0 spiro atoms. The Bertz CT molecular complexity index is 430. The summed E-state index contributed by atoms with van der Waals surface area (Å²) < 4.78 is 32.4. The SMILES string of the molecule is N[C@]1(CO)c2ccc(Br)c(F)c2OC[C@@H]1F. The number of fused-ring (bicyclic) bond motifs is 1. The standard InChI is InChI=1S/C10H10BrF2NO2/c11-6-2-1-5-9(8(6)13)16-3-7(12)10(5,14)4-15/h1-2,7,15H,3-4,14H2/t7-,10+/m0/s1.